The molecule has 1 unspecified atom stereocenters. The van der Waals surface area contributed by atoms with Gasteiger partial charge in [-0.3, -0.25) is 29.6 Å². The van der Waals surface area contributed by atoms with Crippen molar-refractivity contribution >= 4 is 85.8 Å². The van der Waals surface area contributed by atoms with Gasteiger partial charge in [0.25, 0.3) is 5.91 Å². The Bertz CT molecular complexity index is 2680. The molecule has 3 aliphatic rings. The third kappa shape index (κ3) is 10.6. The van der Waals surface area contributed by atoms with Crippen molar-refractivity contribution < 1.29 is 23.7 Å². The van der Waals surface area contributed by atoms with Gasteiger partial charge in [-0.05, 0) is 109 Å². The van der Waals surface area contributed by atoms with Crippen LogP contribution >= 0.6 is 23.1 Å². The van der Waals surface area contributed by atoms with Gasteiger partial charge in [0.15, 0.2) is 0 Å². The number of likely N-dealkylation sites (N-methyl/N-ethyl adjacent to an activating group) is 1. The molecule has 3 fully saturated rings. The fourth-order valence-electron chi connectivity index (χ4n) is 9.55. The highest BCUT2D eigenvalue weighted by Crippen LogP contribution is 2.42. The molecule has 0 spiro atoms. The number of ether oxygens (including phenoxy) is 1. The number of hydrogen-bond donors (Lipinski definition) is 3. The van der Waals surface area contributed by atoms with E-state index >= 15 is 0 Å². The smallest absolute Gasteiger partial charge is 0.254 e. The maximum atomic E-state index is 13.7. The summed E-state index contributed by atoms with van der Waals surface area (Å²) in [6.45, 7) is 14.6. The fraction of sp³-hybridized carbons (Fsp3) is 0.429. The van der Waals surface area contributed by atoms with Gasteiger partial charge in [0.05, 0.1) is 34.7 Å². The molecule has 2 aromatic heterocycles. The lowest BCUT2D eigenvalue weighted by molar-refractivity contribution is -0.136. The molecule has 348 valence electrons. The van der Waals surface area contributed by atoms with E-state index in [9.17, 15) is 18.9 Å². The van der Waals surface area contributed by atoms with E-state index in [1.165, 1.54) is 16.2 Å². The monoisotopic (exact) mass is 978 g/mol. The van der Waals surface area contributed by atoms with Crippen LogP contribution in [0.25, 0.3) is 10.9 Å². The zero-order chi connectivity index (χ0) is 46.7. The number of imide groups is 1. The molecule has 0 radical (unpaired) electrons. The van der Waals surface area contributed by atoms with Crippen LogP contribution in [-0.2, 0) is 27.0 Å². The third-order valence-electron chi connectivity index (χ3n) is 13.2. The number of amides is 3. The van der Waals surface area contributed by atoms with E-state index in [0.717, 1.165) is 105 Å². The van der Waals surface area contributed by atoms with Crippen molar-refractivity contribution in [2.45, 2.75) is 64.5 Å². The molecule has 3 saturated heterocycles. The summed E-state index contributed by atoms with van der Waals surface area (Å²) in [4.78, 5) is 60.5. The van der Waals surface area contributed by atoms with Crippen molar-refractivity contribution in [3.8, 4) is 5.75 Å². The number of carbonyl (C=O) groups excluding carboxylic acids is 3. The quantitative estimate of drug-likeness (QED) is 0.0763. The molecule has 5 heterocycles. The van der Waals surface area contributed by atoms with E-state index in [2.05, 4.69) is 81.7 Å². The van der Waals surface area contributed by atoms with Gasteiger partial charge in [0.2, 0.25) is 17.8 Å². The van der Waals surface area contributed by atoms with E-state index < -0.39 is 19.1 Å². The van der Waals surface area contributed by atoms with Crippen LogP contribution in [-0.4, -0.2) is 133 Å². The van der Waals surface area contributed by atoms with Crippen LogP contribution in [0.4, 0.5) is 28.8 Å². The molecule has 0 aliphatic carbocycles. The number of carbonyl (C=O) groups is 3. The Kier molecular flexibility index (Phi) is 14.4. The second kappa shape index (κ2) is 20.2. The number of nitrogens with zero attached hydrogens (tertiary/aromatic N) is 7. The highest BCUT2D eigenvalue weighted by molar-refractivity contribution is 9.10. The average Bonchev–Trinajstić information content (AvgIpc) is 3.31. The van der Waals surface area contributed by atoms with Crippen LogP contribution < -0.4 is 30.9 Å². The number of halogens is 1. The van der Waals surface area contributed by atoms with Gasteiger partial charge < -0.3 is 34.6 Å². The van der Waals surface area contributed by atoms with Gasteiger partial charge in [0.1, 0.15) is 24.8 Å². The number of methoxy groups -OCH3 is 1. The first-order valence-electron chi connectivity index (χ1n) is 22.8. The lowest BCUT2D eigenvalue weighted by Crippen LogP contribution is -2.53. The first-order chi connectivity index (χ1) is 31.7. The second-order valence-electron chi connectivity index (χ2n) is 18.0. The SMILES string of the molecule is CCc1cc(Nc2ncc(Br)c(Nc3cnc4cc(C)ccc4c3P(C)(C)=O)n2)c(OC)cc1N1CCC(N2CCN(CCc3cccc(C(=O)N(C)C4CCC(=O)NC4=O)c3)CC2)CC1. The van der Waals surface area contributed by atoms with Crippen molar-refractivity contribution in [2.24, 2.45) is 0 Å². The van der Waals surface area contributed by atoms with Crippen molar-refractivity contribution in [3.05, 3.63) is 93.7 Å². The van der Waals surface area contributed by atoms with E-state index in [0.29, 0.717) is 45.7 Å². The largest absolute Gasteiger partial charge is 0.494 e. The minimum atomic E-state index is -2.73. The summed E-state index contributed by atoms with van der Waals surface area (Å²) in [6.07, 6.45) is 7.83. The van der Waals surface area contributed by atoms with E-state index in [4.69, 9.17) is 9.72 Å². The number of fused-ring (bicyclic) bond motifs is 1. The van der Waals surface area contributed by atoms with Gasteiger partial charge in [0, 0.05) is 99.5 Å². The number of piperazine rings is 1. The molecule has 3 aliphatic heterocycles. The molecule has 66 heavy (non-hydrogen) atoms. The summed E-state index contributed by atoms with van der Waals surface area (Å²) >= 11 is 3.61. The Hall–Kier alpha value is -5.41. The highest BCUT2D eigenvalue weighted by atomic mass is 79.9. The molecule has 0 bridgehead atoms. The topological polar surface area (TPSA) is 165 Å². The molecule has 3 aromatic carbocycles. The normalized spacial score (nSPS) is 17.7. The maximum Gasteiger partial charge on any atom is 0.254 e. The highest BCUT2D eigenvalue weighted by Gasteiger charge is 2.33. The van der Waals surface area contributed by atoms with E-state index in [1.54, 1.807) is 45.9 Å². The van der Waals surface area contributed by atoms with Crippen molar-refractivity contribution in [2.75, 3.05) is 88.8 Å². The van der Waals surface area contributed by atoms with E-state index in [-0.39, 0.29) is 18.2 Å². The lowest BCUT2D eigenvalue weighted by atomic mass is 9.99. The number of aromatic nitrogens is 3. The molecule has 3 N–H and O–H groups in total. The molecule has 3 amide bonds. The number of anilines is 5. The maximum absolute atomic E-state index is 13.7. The Labute approximate surface area is 395 Å². The Balaban J connectivity index is 0.855. The standard InChI is InChI=1S/C49H60BrN10O5P/c1-7-33-27-39(54-49-52-29-37(50)46(56-49)53-40-30-51-38-25-31(2)11-12-36(38)45(40)66(5,6)64)43(65-4)28-42(33)60-19-16-35(17-20-60)59-23-21-58(22-24-59)18-15-32-9-8-10-34(26-32)48(63)57(3)41-13-14-44(61)55-47(41)62/h8-12,25-30,35,41H,7,13-24H2,1-6H3,(H,55,61,62)(H2,52,53,54,56). The number of nitrogens with one attached hydrogen (secondary N) is 3. The van der Waals surface area contributed by atoms with Crippen molar-refractivity contribution in [1.29, 1.82) is 0 Å². The van der Waals surface area contributed by atoms with Gasteiger partial charge in [-0.25, -0.2) is 4.98 Å². The third-order valence-corrected chi connectivity index (χ3v) is 15.3. The van der Waals surface area contributed by atoms with Crippen LogP contribution in [0.5, 0.6) is 5.75 Å². The Morgan fingerprint density at radius 3 is 2.44 bits per heavy atom. The number of pyridine rings is 1. The van der Waals surface area contributed by atoms with Crippen LogP contribution in [0.15, 0.2) is 71.5 Å². The predicted molar refractivity (Wildman–Crippen MR) is 266 cm³/mol. The van der Waals surface area contributed by atoms with Crippen LogP contribution in [0.2, 0.25) is 0 Å². The molecular weight excluding hydrogens is 919 g/mol. The molecule has 15 nitrogen and oxygen atoms in total. The summed E-state index contributed by atoms with van der Waals surface area (Å²) in [5, 5.41) is 10.7. The van der Waals surface area contributed by atoms with E-state index in [1.807, 2.05) is 37.3 Å². The van der Waals surface area contributed by atoms with Gasteiger partial charge in [-0.15, -0.1) is 0 Å². The van der Waals surface area contributed by atoms with Crippen molar-refractivity contribution in [1.82, 2.24) is 35.0 Å². The molecular formula is C49H60BrN10O5P. The van der Waals surface area contributed by atoms with Crippen LogP contribution in [0.1, 0.15) is 59.7 Å². The molecule has 17 heteroatoms. The zero-order valence-corrected chi connectivity index (χ0v) is 41.2. The van der Waals surface area contributed by atoms with Crippen molar-refractivity contribution in [3.63, 3.8) is 0 Å². The van der Waals surface area contributed by atoms with Crippen LogP contribution in [0.3, 0.4) is 0 Å². The summed E-state index contributed by atoms with van der Waals surface area (Å²) in [7, 11) is 0.586. The zero-order valence-electron chi connectivity index (χ0n) is 38.7. The van der Waals surface area contributed by atoms with Gasteiger partial charge >= 0.3 is 0 Å². The number of piperidine rings is 2. The summed E-state index contributed by atoms with van der Waals surface area (Å²) < 4.78 is 20.3. The first-order valence-corrected chi connectivity index (χ1v) is 26.2. The number of hydrogen-bond acceptors (Lipinski definition) is 13. The molecule has 1 atom stereocenters. The fourth-order valence-corrected chi connectivity index (χ4v) is 11.3. The minimum absolute atomic E-state index is 0.214. The Morgan fingerprint density at radius 1 is 0.955 bits per heavy atom. The second-order valence-corrected chi connectivity index (χ2v) is 22.0. The molecule has 5 aromatic rings. The lowest BCUT2D eigenvalue weighted by Gasteiger charge is -2.43. The average molecular weight is 980 g/mol. The van der Waals surface area contributed by atoms with Gasteiger partial charge in [-0.2, -0.15) is 4.98 Å². The molecule has 0 saturated carbocycles. The minimum Gasteiger partial charge on any atom is -0.494 e. The first kappa shape index (κ1) is 47.1. The number of rotatable bonds is 14. The summed E-state index contributed by atoms with van der Waals surface area (Å²) in [5.74, 6) is 0.678. The summed E-state index contributed by atoms with van der Waals surface area (Å²) in [5.41, 5.74) is 7.34. The number of benzene rings is 3. The molecule has 8 rings (SSSR count). The van der Waals surface area contributed by atoms with Gasteiger partial charge in [-0.1, -0.05) is 31.2 Å². The number of aryl methyl sites for hydroxylation is 2. The predicted octanol–water partition coefficient (Wildman–Crippen LogP) is 7.11. The Morgan fingerprint density at radius 2 is 1.73 bits per heavy atom. The summed E-state index contributed by atoms with van der Waals surface area (Å²) in [6, 6.07) is 17.9. The van der Waals surface area contributed by atoms with Crippen LogP contribution in [0, 0.1) is 6.92 Å².